The predicted octanol–water partition coefficient (Wildman–Crippen LogP) is 4.82. The minimum Gasteiger partial charge on any atom is -0.476 e. The number of thiol groups is 1. The van der Waals surface area contributed by atoms with E-state index in [-0.39, 0.29) is 22.6 Å². The van der Waals surface area contributed by atoms with E-state index < -0.39 is 28.6 Å². The molecule has 1 fully saturated rings. The SMILES string of the molecule is CC#Cc1cc(-c2nn(-c3nc(C(=O)O)cs3)c(CC3CC3)c2Cc2ccc([SH+](N)=O)c(F)c2)ccc1F. The van der Waals surface area contributed by atoms with Crippen LogP contribution in [0.4, 0.5) is 8.78 Å². The molecule has 194 valence electrons. The molecule has 2 aromatic heterocycles. The Morgan fingerprint density at radius 3 is 2.66 bits per heavy atom. The van der Waals surface area contributed by atoms with Gasteiger partial charge in [-0.3, -0.25) is 0 Å². The van der Waals surface area contributed by atoms with Crippen molar-refractivity contribution >= 4 is 28.3 Å². The molecule has 0 radical (unpaired) electrons. The van der Waals surface area contributed by atoms with E-state index in [1.807, 2.05) is 0 Å². The normalized spacial score (nSPS) is 13.7. The van der Waals surface area contributed by atoms with Crippen molar-refractivity contribution in [1.29, 1.82) is 0 Å². The highest BCUT2D eigenvalue weighted by Gasteiger charge is 2.29. The predicted molar refractivity (Wildman–Crippen MR) is 142 cm³/mol. The molecule has 2 aromatic carbocycles. The van der Waals surface area contributed by atoms with Gasteiger partial charge in [0.2, 0.25) is 10.0 Å². The first-order valence-electron chi connectivity index (χ1n) is 11.8. The Labute approximate surface area is 223 Å². The number of hydrogen-bond donors (Lipinski definition) is 2. The minimum absolute atomic E-state index is 0.0526. The molecule has 11 heteroatoms. The maximum absolute atomic E-state index is 14.7. The van der Waals surface area contributed by atoms with E-state index in [0.717, 1.165) is 35.4 Å². The van der Waals surface area contributed by atoms with Crippen LogP contribution >= 0.6 is 11.3 Å². The highest BCUT2D eigenvalue weighted by molar-refractivity contribution is 7.82. The number of hydrogen-bond acceptors (Lipinski definition) is 5. The summed E-state index contributed by atoms with van der Waals surface area (Å²) < 4.78 is 42.4. The van der Waals surface area contributed by atoms with Gasteiger partial charge < -0.3 is 5.11 Å². The summed E-state index contributed by atoms with van der Waals surface area (Å²) in [7, 11) is -2.32. The molecule has 1 aliphatic rings. The molecule has 2 heterocycles. The molecule has 0 aliphatic heterocycles. The molecule has 0 spiro atoms. The van der Waals surface area contributed by atoms with E-state index in [9.17, 15) is 22.9 Å². The average Bonchev–Trinajstić information content (AvgIpc) is 3.43. The van der Waals surface area contributed by atoms with Crippen molar-refractivity contribution in [3.63, 3.8) is 0 Å². The fourth-order valence-electron chi connectivity index (χ4n) is 4.27. The number of carboxylic acids is 1. The first-order chi connectivity index (χ1) is 18.2. The van der Waals surface area contributed by atoms with Gasteiger partial charge in [0.25, 0.3) is 0 Å². The largest absolute Gasteiger partial charge is 0.476 e. The molecule has 3 N–H and O–H groups in total. The first-order valence-corrected chi connectivity index (χ1v) is 14.0. The lowest BCUT2D eigenvalue weighted by Crippen LogP contribution is -2.07. The summed E-state index contributed by atoms with van der Waals surface area (Å²) >= 11 is 1.16. The molecule has 1 saturated carbocycles. The third-order valence-electron chi connectivity index (χ3n) is 6.29. The maximum Gasteiger partial charge on any atom is 0.355 e. The lowest BCUT2D eigenvalue weighted by atomic mass is 9.96. The Hall–Kier alpha value is -3.72. The first kappa shape index (κ1) is 25.9. The van der Waals surface area contributed by atoms with E-state index >= 15 is 0 Å². The Bertz CT molecular complexity index is 1650. The quantitative estimate of drug-likeness (QED) is 0.185. The second-order valence-electron chi connectivity index (χ2n) is 9.01. The third-order valence-corrected chi connectivity index (χ3v) is 7.94. The molecule has 38 heavy (non-hydrogen) atoms. The highest BCUT2D eigenvalue weighted by Crippen LogP contribution is 2.38. The van der Waals surface area contributed by atoms with Crippen LogP contribution in [0.3, 0.4) is 0 Å². The van der Waals surface area contributed by atoms with E-state index in [4.69, 9.17) is 10.2 Å². The second kappa shape index (κ2) is 10.6. The Morgan fingerprint density at radius 1 is 1.24 bits per heavy atom. The standard InChI is InChI=1S/C27H22F2N4O3S2/c1-2-3-17-13-18(7-8-20(17)28)25-19(10-16-6-9-24(38(30)36)21(29)11-16)23(12-15-4-5-15)33(32-25)27-31-22(14-37-27)26(34)35/h6-9,11,13-15H,4-5,10,12H2,1H3,(H2,30,36)(H,34,35)/p+1. The number of aromatic nitrogens is 3. The molecule has 1 aliphatic carbocycles. The lowest BCUT2D eigenvalue weighted by molar-refractivity contribution is 0.0691. The van der Waals surface area contributed by atoms with Crippen molar-refractivity contribution < 1.29 is 22.9 Å². The lowest BCUT2D eigenvalue weighted by Gasteiger charge is -2.09. The molecule has 5 rings (SSSR count). The van der Waals surface area contributed by atoms with Crippen molar-refractivity contribution in [2.24, 2.45) is 11.1 Å². The van der Waals surface area contributed by atoms with Crippen LogP contribution in [-0.4, -0.2) is 25.8 Å². The van der Waals surface area contributed by atoms with Crippen LogP contribution in [-0.2, 0) is 28.0 Å². The van der Waals surface area contributed by atoms with Crippen LogP contribution in [0.5, 0.6) is 0 Å². The molecule has 7 nitrogen and oxygen atoms in total. The van der Waals surface area contributed by atoms with E-state index in [1.54, 1.807) is 29.8 Å². The number of carboxylic acid groups (broad SMARTS) is 1. The zero-order chi connectivity index (χ0) is 27.0. The topological polar surface area (TPSA) is 111 Å². The third kappa shape index (κ3) is 5.29. The zero-order valence-corrected chi connectivity index (χ0v) is 22.0. The molecule has 1 unspecified atom stereocenters. The number of rotatable bonds is 8. The van der Waals surface area contributed by atoms with Crippen LogP contribution in [0.25, 0.3) is 16.4 Å². The smallest absolute Gasteiger partial charge is 0.355 e. The van der Waals surface area contributed by atoms with E-state index in [2.05, 4.69) is 16.8 Å². The van der Waals surface area contributed by atoms with Crippen molar-refractivity contribution in [2.45, 2.75) is 37.5 Å². The van der Waals surface area contributed by atoms with Gasteiger partial charge in [-0.1, -0.05) is 16.2 Å². The molecule has 0 bridgehead atoms. The van der Waals surface area contributed by atoms with Gasteiger partial charge in [-0.15, -0.1) is 22.4 Å². The van der Waals surface area contributed by atoms with Gasteiger partial charge in [0.1, 0.15) is 5.82 Å². The fourth-order valence-corrected chi connectivity index (χ4v) is 5.54. The zero-order valence-electron chi connectivity index (χ0n) is 20.2. The highest BCUT2D eigenvalue weighted by atomic mass is 32.2. The fraction of sp³-hybridized carbons (Fsp3) is 0.222. The molecule has 1 atom stereocenters. The van der Waals surface area contributed by atoms with Crippen LogP contribution in [0.15, 0.2) is 46.7 Å². The monoisotopic (exact) mass is 553 g/mol. The summed E-state index contributed by atoms with van der Waals surface area (Å²) in [4.78, 5) is 15.7. The number of carbonyl (C=O) groups is 1. The Morgan fingerprint density at radius 2 is 2.03 bits per heavy atom. The van der Waals surface area contributed by atoms with Crippen LogP contribution < -0.4 is 5.14 Å². The molecule has 0 saturated heterocycles. The van der Waals surface area contributed by atoms with Crippen LogP contribution in [0.2, 0.25) is 0 Å². The van der Waals surface area contributed by atoms with Gasteiger partial charge in [-0.2, -0.15) is 5.10 Å². The van der Waals surface area contributed by atoms with Crippen molar-refractivity contribution in [1.82, 2.24) is 14.8 Å². The Balaban J connectivity index is 1.70. The number of aromatic carboxylic acids is 1. The number of thiazole rings is 1. The van der Waals surface area contributed by atoms with Gasteiger partial charge in [0.15, 0.2) is 22.5 Å². The minimum atomic E-state index is -2.32. The average molecular weight is 554 g/mol. The maximum atomic E-state index is 14.7. The summed E-state index contributed by atoms with van der Waals surface area (Å²) in [5.74, 6) is 3.66. The van der Waals surface area contributed by atoms with Crippen molar-refractivity contribution in [2.75, 3.05) is 0 Å². The van der Waals surface area contributed by atoms with Gasteiger partial charge in [0, 0.05) is 22.9 Å². The summed E-state index contributed by atoms with van der Waals surface area (Å²) in [6, 6.07) is 8.96. The number of halogens is 2. The number of nitrogens with two attached hydrogens (primary N) is 1. The summed E-state index contributed by atoms with van der Waals surface area (Å²) in [5, 5.41) is 21.5. The van der Waals surface area contributed by atoms with Gasteiger partial charge in [-0.25, -0.2) is 23.2 Å². The van der Waals surface area contributed by atoms with E-state index in [1.165, 1.54) is 23.6 Å². The van der Waals surface area contributed by atoms with Crippen molar-refractivity contribution in [3.05, 3.63) is 81.5 Å². The summed E-state index contributed by atoms with van der Waals surface area (Å²) in [5.41, 5.74) is 3.52. The number of nitrogens with zero attached hydrogens (tertiary/aromatic N) is 3. The molecular weight excluding hydrogens is 530 g/mol. The number of benzene rings is 2. The molecule has 4 aromatic rings. The van der Waals surface area contributed by atoms with Gasteiger partial charge in [-0.05, 0) is 68.0 Å². The van der Waals surface area contributed by atoms with E-state index in [0.29, 0.717) is 34.3 Å². The molecule has 0 amide bonds. The van der Waals surface area contributed by atoms with Crippen LogP contribution in [0.1, 0.15) is 52.6 Å². The Kier molecular flexibility index (Phi) is 7.21. The van der Waals surface area contributed by atoms with Crippen LogP contribution in [0, 0.1) is 29.4 Å². The second-order valence-corrected chi connectivity index (χ2v) is 11.0. The summed E-state index contributed by atoms with van der Waals surface area (Å²) in [6.45, 7) is 1.62. The van der Waals surface area contributed by atoms with Gasteiger partial charge >= 0.3 is 5.97 Å². The molecular formula is C27H23F2N4O3S2+. The summed E-state index contributed by atoms with van der Waals surface area (Å²) in [6.07, 6.45) is 3.05. The van der Waals surface area contributed by atoms with Crippen molar-refractivity contribution in [3.8, 4) is 28.2 Å². The van der Waals surface area contributed by atoms with Gasteiger partial charge in [0.05, 0.1) is 17.0 Å².